The van der Waals surface area contributed by atoms with E-state index in [4.69, 9.17) is 14.2 Å². The number of non-ortho nitro benzene ring substituents is 1. The molecule has 3 aromatic rings. The lowest BCUT2D eigenvalue weighted by Gasteiger charge is -2.13. The summed E-state index contributed by atoms with van der Waals surface area (Å²) in [7, 11) is 0. The SMILES string of the molecule is CCOC(=O)c1c(NC(=O)/C(C#N)=C/c2ccc(OCc3ccc([N+](=O)[O-])cc3)c(OCC)c2)sc2c1CCCC2. The molecule has 0 saturated carbocycles. The van der Waals surface area contributed by atoms with Crippen molar-refractivity contribution in [1.82, 2.24) is 0 Å². The molecule has 10 nitrogen and oxygen atoms in total. The third kappa shape index (κ3) is 7.10. The van der Waals surface area contributed by atoms with E-state index in [1.54, 1.807) is 37.3 Å². The molecule has 0 unspecified atom stereocenters. The van der Waals surface area contributed by atoms with E-state index in [2.05, 4.69) is 5.32 Å². The molecular formula is C30H29N3O7S. The summed E-state index contributed by atoms with van der Waals surface area (Å²) < 4.78 is 16.9. The van der Waals surface area contributed by atoms with Crippen LogP contribution < -0.4 is 14.8 Å². The summed E-state index contributed by atoms with van der Waals surface area (Å²) >= 11 is 1.36. The lowest BCUT2D eigenvalue weighted by Crippen LogP contribution is -2.16. The van der Waals surface area contributed by atoms with Crippen molar-refractivity contribution in [2.45, 2.75) is 46.1 Å². The van der Waals surface area contributed by atoms with Gasteiger partial charge >= 0.3 is 5.97 Å². The number of ether oxygens (including phenoxy) is 3. The molecule has 0 aliphatic heterocycles. The number of carbonyl (C=O) groups excluding carboxylic acids is 2. The van der Waals surface area contributed by atoms with Gasteiger partial charge in [-0.1, -0.05) is 6.07 Å². The Morgan fingerprint density at radius 3 is 2.51 bits per heavy atom. The van der Waals surface area contributed by atoms with E-state index in [0.29, 0.717) is 34.2 Å². The first-order valence-corrected chi connectivity index (χ1v) is 14.0. The molecule has 1 aromatic heterocycles. The van der Waals surface area contributed by atoms with Gasteiger partial charge in [0.2, 0.25) is 0 Å². The maximum Gasteiger partial charge on any atom is 0.341 e. The van der Waals surface area contributed by atoms with Crippen molar-refractivity contribution in [3.63, 3.8) is 0 Å². The summed E-state index contributed by atoms with van der Waals surface area (Å²) in [4.78, 5) is 37.3. The Kier molecular flexibility index (Phi) is 9.71. The highest BCUT2D eigenvalue weighted by molar-refractivity contribution is 7.17. The highest BCUT2D eigenvalue weighted by Crippen LogP contribution is 2.39. The second kappa shape index (κ2) is 13.6. The van der Waals surface area contributed by atoms with Gasteiger partial charge in [0.15, 0.2) is 11.5 Å². The van der Waals surface area contributed by atoms with Gasteiger partial charge in [-0.05, 0) is 86.6 Å². The minimum Gasteiger partial charge on any atom is -0.490 e. The highest BCUT2D eigenvalue weighted by atomic mass is 32.1. The molecule has 4 rings (SSSR count). The minimum absolute atomic E-state index is 0.00646. The van der Waals surface area contributed by atoms with Crippen LogP contribution in [0.4, 0.5) is 10.7 Å². The molecule has 1 heterocycles. The van der Waals surface area contributed by atoms with Gasteiger partial charge in [0.25, 0.3) is 11.6 Å². The van der Waals surface area contributed by atoms with E-state index in [1.807, 2.05) is 13.0 Å². The van der Waals surface area contributed by atoms with Crippen molar-refractivity contribution >= 4 is 40.0 Å². The van der Waals surface area contributed by atoms with Crippen LogP contribution in [0.1, 0.15) is 58.6 Å². The van der Waals surface area contributed by atoms with Crippen LogP contribution in [0.5, 0.6) is 11.5 Å². The predicted octanol–water partition coefficient (Wildman–Crippen LogP) is 6.24. The quantitative estimate of drug-likeness (QED) is 0.0932. The number of hydrogen-bond donors (Lipinski definition) is 1. The van der Waals surface area contributed by atoms with Gasteiger partial charge in [0.05, 0.1) is 23.7 Å². The minimum atomic E-state index is -0.631. The van der Waals surface area contributed by atoms with Gasteiger partial charge in [0, 0.05) is 17.0 Å². The number of nitrogens with zero attached hydrogens (tertiary/aromatic N) is 2. The number of carbonyl (C=O) groups is 2. The van der Waals surface area contributed by atoms with Crippen LogP contribution in [0.3, 0.4) is 0 Å². The Labute approximate surface area is 241 Å². The molecule has 11 heteroatoms. The molecule has 0 fully saturated rings. The summed E-state index contributed by atoms with van der Waals surface area (Å²) in [6.07, 6.45) is 5.00. The molecule has 2 aromatic carbocycles. The molecule has 1 aliphatic carbocycles. The Bertz CT molecular complexity index is 1520. The number of fused-ring (bicyclic) bond motifs is 1. The topological polar surface area (TPSA) is 141 Å². The summed E-state index contributed by atoms with van der Waals surface area (Å²) in [6.45, 7) is 4.28. The number of amides is 1. The van der Waals surface area contributed by atoms with Crippen LogP contribution in [0.15, 0.2) is 48.0 Å². The average molecular weight is 576 g/mol. The standard InChI is InChI=1S/C30H29N3O7S/c1-3-38-25-16-20(11-14-24(25)40-18-19-9-12-22(13-10-19)33(36)37)15-21(17-31)28(34)32-29-27(30(35)39-4-2)23-7-5-6-8-26(23)41-29/h9-16H,3-8,18H2,1-2H3,(H,32,34)/b21-15+. The molecule has 0 bridgehead atoms. The predicted molar refractivity (Wildman–Crippen MR) is 154 cm³/mol. The number of hydrogen-bond acceptors (Lipinski definition) is 9. The van der Waals surface area contributed by atoms with E-state index in [0.717, 1.165) is 41.7 Å². The molecule has 0 atom stereocenters. The van der Waals surface area contributed by atoms with Crippen LogP contribution in [-0.4, -0.2) is 30.0 Å². The van der Waals surface area contributed by atoms with Gasteiger partial charge in [-0.15, -0.1) is 11.3 Å². The van der Waals surface area contributed by atoms with Crippen LogP contribution in [0.2, 0.25) is 0 Å². The zero-order chi connectivity index (χ0) is 29.4. The maximum absolute atomic E-state index is 13.2. The summed E-state index contributed by atoms with van der Waals surface area (Å²) in [6, 6.07) is 13.0. The number of nitriles is 1. The molecule has 1 N–H and O–H groups in total. The number of esters is 1. The lowest BCUT2D eigenvalue weighted by molar-refractivity contribution is -0.384. The number of nitro benzene ring substituents is 1. The molecule has 0 spiro atoms. The van der Waals surface area contributed by atoms with Gasteiger partial charge in [-0.3, -0.25) is 14.9 Å². The normalized spacial score (nSPS) is 12.6. The smallest absolute Gasteiger partial charge is 0.341 e. The van der Waals surface area contributed by atoms with E-state index in [-0.39, 0.29) is 24.5 Å². The van der Waals surface area contributed by atoms with Gasteiger partial charge in [-0.2, -0.15) is 5.26 Å². The van der Waals surface area contributed by atoms with Crippen LogP contribution in [-0.2, 0) is 29.0 Å². The van der Waals surface area contributed by atoms with Gasteiger partial charge < -0.3 is 19.5 Å². The maximum atomic E-state index is 13.2. The van der Waals surface area contributed by atoms with Gasteiger partial charge in [-0.25, -0.2) is 4.79 Å². The van der Waals surface area contributed by atoms with Crippen LogP contribution >= 0.6 is 11.3 Å². The lowest BCUT2D eigenvalue weighted by atomic mass is 9.95. The zero-order valence-electron chi connectivity index (χ0n) is 22.7. The Morgan fingerprint density at radius 2 is 1.83 bits per heavy atom. The van der Waals surface area contributed by atoms with E-state index in [9.17, 15) is 25.0 Å². The molecule has 1 amide bonds. The zero-order valence-corrected chi connectivity index (χ0v) is 23.5. The largest absolute Gasteiger partial charge is 0.490 e. The monoisotopic (exact) mass is 575 g/mol. The third-order valence-electron chi connectivity index (χ3n) is 6.36. The van der Waals surface area contributed by atoms with Crippen molar-refractivity contribution in [3.8, 4) is 17.6 Å². The molecule has 0 radical (unpaired) electrons. The molecular weight excluding hydrogens is 546 g/mol. The number of thiophene rings is 1. The molecule has 0 saturated heterocycles. The number of nitro groups is 1. The van der Waals surface area contributed by atoms with E-state index < -0.39 is 16.8 Å². The first kappa shape index (κ1) is 29.3. The first-order valence-electron chi connectivity index (χ1n) is 13.2. The summed E-state index contributed by atoms with van der Waals surface area (Å²) in [5.74, 6) is -0.256. The van der Waals surface area contributed by atoms with E-state index >= 15 is 0 Å². The van der Waals surface area contributed by atoms with Crippen LogP contribution in [0, 0.1) is 21.4 Å². The average Bonchev–Trinajstić information content (AvgIpc) is 3.33. The fourth-order valence-corrected chi connectivity index (χ4v) is 5.71. The summed E-state index contributed by atoms with van der Waals surface area (Å²) in [5.41, 5.74) is 2.43. The van der Waals surface area contributed by atoms with Crippen LogP contribution in [0.25, 0.3) is 6.08 Å². The van der Waals surface area contributed by atoms with Gasteiger partial charge in [0.1, 0.15) is 23.3 Å². The molecule has 41 heavy (non-hydrogen) atoms. The first-order chi connectivity index (χ1) is 19.8. The molecule has 212 valence electrons. The Hall–Kier alpha value is -4.69. The second-order valence-corrected chi connectivity index (χ2v) is 10.2. The van der Waals surface area contributed by atoms with Crippen molar-refractivity contribution < 1.29 is 28.7 Å². The van der Waals surface area contributed by atoms with Crippen molar-refractivity contribution in [2.24, 2.45) is 0 Å². The number of nitrogens with one attached hydrogen (secondary N) is 1. The van der Waals surface area contributed by atoms with Crippen molar-refractivity contribution in [1.29, 1.82) is 5.26 Å². The number of benzene rings is 2. The number of rotatable bonds is 11. The number of aryl methyl sites for hydroxylation is 1. The third-order valence-corrected chi connectivity index (χ3v) is 7.57. The fourth-order valence-electron chi connectivity index (χ4n) is 4.44. The van der Waals surface area contributed by atoms with Crippen molar-refractivity contribution in [2.75, 3.05) is 18.5 Å². The van der Waals surface area contributed by atoms with Crippen molar-refractivity contribution in [3.05, 3.63) is 85.3 Å². The Balaban J connectivity index is 1.53. The highest BCUT2D eigenvalue weighted by Gasteiger charge is 2.28. The molecule has 1 aliphatic rings. The Morgan fingerprint density at radius 1 is 1.07 bits per heavy atom. The fraction of sp³-hybridized carbons (Fsp3) is 0.300. The summed E-state index contributed by atoms with van der Waals surface area (Å²) in [5, 5.41) is 23.8. The number of anilines is 1. The second-order valence-electron chi connectivity index (χ2n) is 9.11. The van der Waals surface area contributed by atoms with E-state index in [1.165, 1.54) is 29.5 Å².